The Morgan fingerprint density at radius 3 is 2.46 bits per heavy atom. The Balaban J connectivity index is 1.64. The normalized spacial score (nSPS) is 18.0. The Morgan fingerprint density at radius 2 is 1.81 bits per heavy atom. The molecule has 2 aromatic rings. The van der Waals surface area contributed by atoms with Gasteiger partial charge in [-0.15, -0.1) is 0 Å². The molecular formula is C20H20Cl3NO2. The van der Waals surface area contributed by atoms with Crippen LogP contribution in [-0.2, 0) is 16.0 Å². The average Bonchev–Trinajstić information content (AvgIpc) is 2.64. The topological polar surface area (TPSA) is 29.5 Å². The van der Waals surface area contributed by atoms with Gasteiger partial charge in [-0.1, -0.05) is 53.5 Å². The van der Waals surface area contributed by atoms with Crippen LogP contribution in [0.4, 0.5) is 0 Å². The first-order valence-electron chi connectivity index (χ1n) is 8.57. The first kappa shape index (κ1) is 19.7. The van der Waals surface area contributed by atoms with Crippen molar-refractivity contribution in [1.82, 2.24) is 4.90 Å². The zero-order chi connectivity index (χ0) is 18.5. The lowest BCUT2D eigenvalue weighted by atomic mass is 10.0. The van der Waals surface area contributed by atoms with Crippen molar-refractivity contribution < 1.29 is 9.53 Å². The van der Waals surface area contributed by atoms with Gasteiger partial charge in [0.2, 0.25) is 5.24 Å². The number of rotatable bonds is 6. The fourth-order valence-electron chi connectivity index (χ4n) is 3.11. The summed E-state index contributed by atoms with van der Waals surface area (Å²) in [5.41, 5.74) is 3.21. The van der Waals surface area contributed by atoms with Crippen LogP contribution in [0.3, 0.4) is 0 Å². The molecule has 138 valence electrons. The SMILES string of the molecule is O=C(Cl)CCN1CCOC(c2ccc(Cc3c(Cl)cccc3Cl)cc2)C1. The summed E-state index contributed by atoms with van der Waals surface area (Å²) in [5, 5.41) is 1.07. The van der Waals surface area contributed by atoms with Crippen LogP contribution in [0.2, 0.25) is 10.0 Å². The number of carbonyl (C=O) groups excluding carboxylic acids is 1. The largest absolute Gasteiger partial charge is 0.371 e. The van der Waals surface area contributed by atoms with Crippen LogP contribution >= 0.6 is 34.8 Å². The number of halogens is 3. The minimum absolute atomic E-state index is 0.00660. The Labute approximate surface area is 168 Å². The number of hydrogen-bond acceptors (Lipinski definition) is 3. The summed E-state index contributed by atoms with van der Waals surface area (Å²) >= 11 is 18.0. The summed E-state index contributed by atoms with van der Waals surface area (Å²) in [4.78, 5) is 13.2. The Kier molecular flexibility index (Phi) is 6.96. The molecule has 0 N–H and O–H groups in total. The zero-order valence-corrected chi connectivity index (χ0v) is 16.5. The van der Waals surface area contributed by atoms with Crippen LogP contribution in [0.5, 0.6) is 0 Å². The maximum Gasteiger partial charge on any atom is 0.222 e. The van der Waals surface area contributed by atoms with E-state index < -0.39 is 0 Å². The molecule has 1 atom stereocenters. The zero-order valence-electron chi connectivity index (χ0n) is 14.3. The molecule has 0 spiro atoms. The van der Waals surface area contributed by atoms with Gasteiger partial charge in [0.05, 0.1) is 12.7 Å². The van der Waals surface area contributed by atoms with Gasteiger partial charge in [-0.25, -0.2) is 0 Å². The summed E-state index contributed by atoms with van der Waals surface area (Å²) in [7, 11) is 0. The third-order valence-corrected chi connectivity index (χ3v) is 5.47. The average molecular weight is 413 g/mol. The lowest BCUT2D eigenvalue weighted by Gasteiger charge is -2.33. The minimum Gasteiger partial charge on any atom is -0.371 e. The Morgan fingerprint density at radius 1 is 1.12 bits per heavy atom. The molecule has 1 fully saturated rings. The van der Waals surface area contributed by atoms with Crippen molar-refractivity contribution in [2.75, 3.05) is 26.2 Å². The van der Waals surface area contributed by atoms with E-state index in [-0.39, 0.29) is 11.3 Å². The van der Waals surface area contributed by atoms with E-state index in [1.165, 1.54) is 0 Å². The second-order valence-corrected chi connectivity index (χ2v) is 7.62. The van der Waals surface area contributed by atoms with Crippen LogP contribution < -0.4 is 0 Å². The summed E-state index contributed by atoms with van der Waals surface area (Å²) in [6, 6.07) is 13.9. The van der Waals surface area contributed by atoms with E-state index in [1.807, 2.05) is 18.2 Å². The van der Waals surface area contributed by atoms with Gasteiger partial charge in [-0.2, -0.15) is 0 Å². The predicted octanol–water partition coefficient (Wildman–Crippen LogP) is 5.11. The van der Waals surface area contributed by atoms with Crippen molar-refractivity contribution in [3.8, 4) is 0 Å². The maximum atomic E-state index is 11.0. The summed E-state index contributed by atoms with van der Waals surface area (Å²) in [6.45, 7) is 2.91. The molecule has 1 aliphatic heterocycles. The quantitative estimate of drug-likeness (QED) is 0.617. The highest BCUT2D eigenvalue weighted by atomic mass is 35.5. The third kappa shape index (κ3) is 5.21. The smallest absolute Gasteiger partial charge is 0.222 e. The highest BCUT2D eigenvalue weighted by Crippen LogP contribution is 2.28. The molecule has 0 aliphatic carbocycles. The molecule has 0 amide bonds. The van der Waals surface area contributed by atoms with E-state index in [0.717, 1.165) is 29.8 Å². The second kappa shape index (κ2) is 9.20. The summed E-state index contributed by atoms with van der Waals surface area (Å²) < 4.78 is 5.90. The molecule has 0 radical (unpaired) electrons. The van der Waals surface area contributed by atoms with Crippen molar-refractivity contribution in [1.29, 1.82) is 0 Å². The molecular weight excluding hydrogens is 393 g/mol. The number of morpholine rings is 1. The van der Waals surface area contributed by atoms with E-state index in [0.29, 0.717) is 36.0 Å². The van der Waals surface area contributed by atoms with Crippen molar-refractivity contribution >= 4 is 40.0 Å². The molecule has 1 saturated heterocycles. The molecule has 6 heteroatoms. The molecule has 1 unspecified atom stereocenters. The molecule has 3 nitrogen and oxygen atoms in total. The number of nitrogens with zero attached hydrogens (tertiary/aromatic N) is 1. The number of ether oxygens (including phenoxy) is 1. The highest BCUT2D eigenvalue weighted by Gasteiger charge is 2.22. The van der Waals surface area contributed by atoms with Gasteiger partial charge < -0.3 is 4.74 Å². The van der Waals surface area contributed by atoms with E-state index in [2.05, 4.69) is 29.2 Å². The number of carbonyl (C=O) groups is 1. The molecule has 2 aromatic carbocycles. The Hall–Kier alpha value is -1.10. The maximum absolute atomic E-state index is 11.0. The van der Waals surface area contributed by atoms with Gasteiger partial charge in [-0.3, -0.25) is 9.69 Å². The standard InChI is InChI=1S/C20H20Cl3NO2/c21-17-2-1-3-18(22)16(17)12-14-4-6-15(7-5-14)19-13-24(10-11-26-19)9-8-20(23)25/h1-7,19H,8-13H2. The minimum atomic E-state index is -0.296. The molecule has 1 aliphatic rings. The Bertz CT molecular complexity index is 744. The van der Waals surface area contributed by atoms with Crippen LogP contribution in [0.15, 0.2) is 42.5 Å². The van der Waals surface area contributed by atoms with Gasteiger partial charge in [-0.05, 0) is 40.4 Å². The van der Waals surface area contributed by atoms with E-state index in [4.69, 9.17) is 39.5 Å². The monoisotopic (exact) mass is 411 g/mol. The van der Waals surface area contributed by atoms with Crippen molar-refractivity contribution in [3.05, 3.63) is 69.2 Å². The fraction of sp³-hybridized carbons (Fsp3) is 0.350. The van der Waals surface area contributed by atoms with Crippen LogP contribution in [0.25, 0.3) is 0 Å². The number of hydrogen-bond donors (Lipinski definition) is 0. The third-order valence-electron chi connectivity index (χ3n) is 4.57. The van der Waals surface area contributed by atoms with Crippen molar-refractivity contribution in [3.63, 3.8) is 0 Å². The highest BCUT2D eigenvalue weighted by molar-refractivity contribution is 6.63. The van der Waals surface area contributed by atoms with Gasteiger partial charge in [0, 0.05) is 42.5 Å². The van der Waals surface area contributed by atoms with Crippen LogP contribution in [0, 0.1) is 0 Å². The fourth-order valence-corrected chi connectivity index (χ4v) is 3.72. The van der Waals surface area contributed by atoms with E-state index in [1.54, 1.807) is 0 Å². The first-order valence-corrected chi connectivity index (χ1v) is 9.70. The van der Waals surface area contributed by atoms with Gasteiger partial charge in [0.1, 0.15) is 0 Å². The number of benzene rings is 2. The van der Waals surface area contributed by atoms with Crippen molar-refractivity contribution in [2.45, 2.75) is 18.9 Å². The van der Waals surface area contributed by atoms with E-state index in [9.17, 15) is 4.79 Å². The van der Waals surface area contributed by atoms with E-state index >= 15 is 0 Å². The predicted molar refractivity (Wildman–Crippen MR) is 106 cm³/mol. The molecule has 0 saturated carbocycles. The van der Waals surface area contributed by atoms with Crippen molar-refractivity contribution in [2.24, 2.45) is 0 Å². The molecule has 26 heavy (non-hydrogen) atoms. The first-order chi connectivity index (χ1) is 12.5. The second-order valence-electron chi connectivity index (χ2n) is 6.38. The molecule has 3 rings (SSSR count). The summed E-state index contributed by atoms with van der Waals surface area (Å²) in [6.07, 6.45) is 1.06. The van der Waals surface area contributed by atoms with Crippen LogP contribution in [-0.4, -0.2) is 36.4 Å². The summed E-state index contributed by atoms with van der Waals surface area (Å²) in [5.74, 6) is 0. The molecule has 0 aromatic heterocycles. The van der Waals surface area contributed by atoms with Gasteiger partial charge in [0.15, 0.2) is 0 Å². The lowest BCUT2D eigenvalue weighted by molar-refractivity contribution is -0.112. The lowest BCUT2D eigenvalue weighted by Crippen LogP contribution is -2.39. The van der Waals surface area contributed by atoms with Gasteiger partial charge >= 0.3 is 0 Å². The molecule has 0 bridgehead atoms. The van der Waals surface area contributed by atoms with Crippen LogP contribution in [0.1, 0.15) is 29.2 Å². The molecule has 1 heterocycles. The van der Waals surface area contributed by atoms with Gasteiger partial charge in [0.25, 0.3) is 0 Å².